The zero-order chi connectivity index (χ0) is 14.1. The molecule has 0 spiro atoms. The molecule has 2 atom stereocenters. The Bertz CT molecular complexity index is 351. The summed E-state index contributed by atoms with van der Waals surface area (Å²) >= 11 is 0. The zero-order valence-electron chi connectivity index (χ0n) is 12.6. The van der Waals surface area contributed by atoms with Gasteiger partial charge in [-0.25, -0.2) is 4.39 Å². The van der Waals surface area contributed by atoms with Gasteiger partial charge >= 0.3 is 0 Å². The van der Waals surface area contributed by atoms with Crippen LogP contribution in [0, 0.1) is 11.7 Å². The molecule has 0 amide bonds. The van der Waals surface area contributed by atoms with Crippen molar-refractivity contribution >= 4 is 0 Å². The molecule has 0 aliphatic rings. The molecule has 2 unspecified atom stereocenters. The van der Waals surface area contributed by atoms with Crippen molar-refractivity contribution in [2.45, 2.75) is 58.9 Å². The number of benzene rings is 1. The second-order valence-electron chi connectivity index (χ2n) is 5.31. The summed E-state index contributed by atoms with van der Waals surface area (Å²) in [6, 6.07) is 7.47. The quantitative estimate of drug-likeness (QED) is 0.690. The molecule has 0 heterocycles. The lowest BCUT2D eigenvalue weighted by molar-refractivity contribution is 0.319. The van der Waals surface area contributed by atoms with E-state index in [1.807, 2.05) is 6.07 Å². The highest BCUT2D eigenvalue weighted by atomic mass is 19.1. The van der Waals surface area contributed by atoms with E-state index in [4.69, 9.17) is 0 Å². The number of nitrogens with one attached hydrogen (secondary N) is 1. The second kappa shape index (κ2) is 9.08. The first-order chi connectivity index (χ1) is 9.21. The van der Waals surface area contributed by atoms with Crippen LogP contribution >= 0.6 is 0 Å². The molecule has 0 radical (unpaired) electrons. The van der Waals surface area contributed by atoms with E-state index in [9.17, 15) is 4.39 Å². The number of halogens is 1. The summed E-state index contributed by atoms with van der Waals surface area (Å²) in [4.78, 5) is 0. The van der Waals surface area contributed by atoms with Crippen molar-refractivity contribution in [3.05, 3.63) is 35.6 Å². The van der Waals surface area contributed by atoms with Gasteiger partial charge in [-0.3, -0.25) is 0 Å². The van der Waals surface area contributed by atoms with Crippen LogP contribution in [0.25, 0.3) is 0 Å². The summed E-state index contributed by atoms with van der Waals surface area (Å²) in [7, 11) is 0. The topological polar surface area (TPSA) is 12.0 Å². The molecule has 0 aromatic heterocycles. The molecule has 0 saturated carbocycles. The Kier molecular flexibility index (Phi) is 7.73. The number of unbranched alkanes of at least 4 members (excludes halogenated alkanes) is 1. The van der Waals surface area contributed by atoms with Crippen molar-refractivity contribution < 1.29 is 4.39 Å². The summed E-state index contributed by atoms with van der Waals surface area (Å²) in [5.41, 5.74) is 1.10. The SMILES string of the molecule is CCCCC(CC)C(Cc1cccc(F)c1)NCC. The van der Waals surface area contributed by atoms with E-state index < -0.39 is 0 Å². The molecule has 0 saturated heterocycles. The lowest BCUT2D eigenvalue weighted by Gasteiger charge is -2.27. The summed E-state index contributed by atoms with van der Waals surface area (Å²) in [5, 5.41) is 3.59. The van der Waals surface area contributed by atoms with Crippen LogP contribution in [0.4, 0.5) is 4.39 Å². The lowest BCUT2D eigenvalue weighted by Crippen LogP contribution is -2.37. The maximum atomic E-state index is 13.3. The van der Waals surface area contributed by atoms with Gasteiger partial charge in [0.15, 0.2) is 0 Å². The van der Waals surface area contributed by atoms with Crippen LogP contribution in [0.15, 0.2) is 24.3 Å². The summed E-state index contributed by atoms with van der Waals surface area (Å²) in [5.74, 6) is 0.553. The summed E-state index contributed by atoms with van der Waals surface area (Å²) in [6.07, 6.45) is 5.90. The Morgan fingerprint density at radius 1 is 1.21 bits per heavy atom. The maximum Gasteiger partial charge on any atom is 0.123 e. The molecule has 0 fully saturated rings. The van der Waals surface area contributed by atoms with Gasteiger partial charge in [-0.05, 0) is 43.0 Å². The minimum absolute atomic E-state index is 0.130. The van der Waals surface area contributed by atoms with Gasteiger partial charge < -0.3 is 5.32 Å². The first-order valence-electron chi connectivity index (χ1n) is 7.69. The summed E-state index contributed by atoms with van der Waals surface area (Å²) < 4.78 is 13.3. The Morgan fingerprint density at radius 3 is 2.58 bits per heavy atom. The van der Waals surface area contributed by atoms with Crippen molar-refractivity contribution in [1.29, 1.82) is 0 Å². The fraction of sp³-hybridized carbons (Fsp3) is 0.647. The van der Waals surface area contributed by atoms with Crippen LogP contribution in [0.3, 0.4) is 0 Å². The van der Waals surface area contributed by atoms with Gasteiger partial charge in [0.2, 0.25) is 0 Å². The smallest absolute Gasteiger partial charge is 0.123 e. The van der Waals surface area contributed by atoms with Crippen LogP contribution in [0.5, 0.6) is 0 Å². The van der Waals surface area contributed by atoms with Gasteiger partial charge in [0.05, 0.1) is 0 Å². The Morgan fingerprint density at radius 2 is 2.00 bits per heavy atom. The van der Waals surface area contributed by atoms with E-state index in [2.05, 4.69) is 26.1 Å². The predicted octanol–water partition coefficient (Wildman–Crippen LogP) is 4.56. The fourth-order valence-corrected chi connectivity index (χ4v) is 2.74. The standard InChI is InChI=1S/C17H28FN/c1-4-7-10-15(5-2)17(19-6-3)13-14-9-8-11-16(18)12-14/h8-9,11-12,15,17,19H,4-7,10,13H2,1-3H3. The first-order valence-corrected chi connectivity index (χ1v) is 7.69. The van der Waals surface area contributed by atoms with Gasteiger partial charge in [0.25, 0.3) is 0 Å². The van der Waals surface area contributed by atoms with Gasteiger partial charge in [-0.15, -0.1) is 0 Å². The van der Waals surface area contributed by atoms with Crippen molar-refractivity contribution in [2.75, 3.05) is 6.54 Å². The highest BCUT2D eigenvalue weighted by Gasteiger charge is 2.19. The van der Waals surface area contributed by atoms with Crippen LogP contribution in [-0.2, 0) is 6.42 Å². The highest BCUT2D eigenvalue weighted by Crippen LogP contribution is 2.20. The molecular formula is C17H28FN. The molecule has 0 aliphatic carbocycles. The number of hydrogen-bond donors (Lipinski definition) is 1. The van der Waals surface area contributed by atoms with E-state index in [0.717, 1.165) is 18.5 Å². The molecule has 19 heavy (non-hydrogen) atoms. The van der Waals surface area contributed by atoms with Gasteiger partial charge in [0, 0.05) is 6.04 Å². The predicted molar refractivity (Wildman–Crippen MR) is 80.9 cm³/mol. The van der Waals surface area contributed by atoms with E-state index in [1.165, 1.54) is 31.7 Å². The third-order valence-electron chi connectivity index (χ3n) is 3.83. The van der Waals surface area contributed by atoms with Crippen molar-refractivity contribution in [3.8, 4) is 0 Å². The molecule has 1 nitrogen and oxygen atoms in total. The fourth-order valence-electron chi connectivity index (χ4n) is 2.74. The molecule has 1 rings (SSSR count). The van der Waals surface area contributed by atoms with Crippen molar-refractivity contribution in [3.63, 3.8) is 0 Å². The maximum absolute atomic E-state index is 13.3. The monoisotopic (exact) mass is 265 g/mol. The van der Waals surface area contributed by atoms with Crippen LogP contribution in [-0.4, -0.2) is 12.6 Å². The summed E-state index contributed by atoms with van der Waals surface area (Å²) in [6.45, 7) is 7.62. The second-order valence-corrected chi connectivity index (χ2v) is 5.31. The van der Waals surface area contributed by atoms with Gasteiger partial charge in [-0.2, -0.15) is 0 Å². The molecular weight excluding hydrogens is 237 g/mol. The van der Waals surface area contributed by atoms with Crippen LogP contribution < -0.4 is 5.32 Å². The van der Waals surface area contributed by atoms with E-state index in [1.54, 1.807) is 12.1 Å². The molecule has 0 bridgehead atoms. The molecule has 1 N–H and O–H groups in total. The molecule has 2 heteroatoms. The lowest BCUT2D eigenvalue weighted by atomic mass is 9.87. The number of hydrogen-bond acceptors (Lipinski definition) is 1. The van der Waals surface area contributed by atoms with Gasteiger partial charge in [-0.1, -0.05) is 52.2 Å². The van der Waals surface area contributed by atoms with E-state index in [0.29, 0.717) is 12.0 Å². The zero-order valence-corrected chi connectivity index (χ0v) is 12.6. The first kappa shape index (κ1) is 16.2. The largest absolute Gasteiger partial charge is 0.314 e. The van der Waals surface area contributed by atoms with E-state index >= 15 is 0 Å². The highest BCUT2D eigenvalue weighted by molar-refractivity contribution is 5.17. The molecule has 1 aromatic rings. The van der Waals surface area contributed by atoms with Crippen molar-refractivity contribution in [1.82, 2.24) is 5.32 Å². The average molecular weight is 265 g/mol. The van der Waals surface area contributed by atoms with E-state index in [-0.39, 0.29) is 5.82 Å². The van der Waals surface area contributed by atoms with Crippen molar-refractivity contribution in [2.24, 2.45) is 5.92 Å². The Hall–Kier alpha value is -0.890. The third-order valence-corrected chi connectivity index (χ3v) is 3.83. The Labute approximate surface area is 117 Å². The number of rotatable bonds is 9. The van der Waals surface area contributed by atoms with Crippen LogP contribution in [0.2, 0.25) is 0 Å². The minimum atomic E-state index is -0.130. The third kappa shape index (κ3) is 5.73. The molecule has 0 aliphatic heterocycles. The Balaban J connectivity index is 2.69. The minimum Gasteiger partial charge on any atom is -0.314 e. The van der Waals surface area contributed by atoms with Gasteiger partial charge in [0.1, 0.15) is 5.82 Å². The number of likely N-dealkylation sites (N-methyl/N-ethyl adjacent to an activating group) is 1. The van der Waals surface area contributed by atoms with Crippen LogP contribution in [0.1, 0.15) is 52.0 Å². The normalized spacial score (nSPS) is 14.3. The molecule has 1 aromatic carbocycles. The molecule has 108 valence electrons. The average Bonchev–Trinajstić information content (AvgIpc) is 2.40.